The number of aromatic nitrogens is 1. The lowest BCUT2D eigenvalue weighted by Gasteiger charge is -2.05. The predicted octanol–water partition coefficient (Wildman–Crippen LogP) is 0.442. The molecule has 1 aromatic heterocycles. The first-order chi connectivity index (χ1) is 8.08. The first-order valence-electron chi connectivity index (χ1n) is 4.82. The minimum absolute atomic E-state index is 0.155. The van der Waals surface area contributed by atoms with Crippen molar-refractivity contribution in [3.05, 3.63) is 58.5 Å². The number of carbonyl (C=O) groups is 1. The number of nitrogens with zero attached hydrogens (tertiary/aromatic N) is 1. The van der Waals surface area contributed by atoms with Crippen LogP contribution in [0.1, 0.15) is 10.4 Å². The van der Waals surface area contributed by atoms with Gasteiger partial charge in [-0.1, -0.05) is 6.07 Å². The molecule has 1 heterocycles. The maximum atomic E-state index is 11.6. The van der Waals surface area contributed by atoms with Gasteiger partial charge in [0.15, 0.2) is 0 Å². The molecule has 85 valence electrons. The third-order valence-corrected chi connectivity index (χ3v) is 2.22. The van der Waals surface area contributed by atoms with Gasteiger partial charge in [0.1, 0.15) is 5.75 Å². The second-order valence-corrected chi connectivity index (χ2v) is 3.43. The first-order valence-corrected chi connectivity index (χ1v) is 4.82. The number of amides is 1. The molecule has 1 radical (unpaired) electrons. The molecule has 0 unspecified atom stereocenters. The van der Waals surface area contributed by atoms with Crippen LogP contribution in [0, 0.1) is 6.20 Å². The minimum Gasteiger partial charge on any atom is -0.508 e. The molecule has 1 aromatic carbocycles. The third-order valence-electron chi connectivity index (χ3n) is 2.22. The van der Waals surface area contributed by atoms with Crippen LogP contribution < -0.4 is 11.3 Å². The van der Waals surface area contributed by atoms with E-state index in [-0.39, 0.29) is 5.75 Å². The number of carbonyl (C=O) groups excluding carboxylic acids is 1. The number of rotatable bonds is 2. The summed E-state index contributed by atoms with van der Waals surface area (Å²) in [5.74, 6) is -0.726. The number of primary amides is 1. The highest BCUT2D eigenvalue weighted by Crippen LogP contribution is 2.10. The summed E-state index contributed by atoms with van der Waals surface area (Å²) in [5, 5.41) is 9.11. The van der Waals surface area contributed by atoms with E-state index in [9.17, 15) is 9.59 Å². The largest absolute Gasteiger partial charge is 0.508 e. The van der Waals surface area contributed by atoms with Crippen molar-refractivity contribution in [3.8, 4) is 11.4 Å². The topological polar surface area (TPSA) is 85.3 Å². The van der Waals surface area contributed by atoms with Crippen LogP contribution in [0.5, 0.6) is 5.75 Å². The third kappa shape index (κ3) is 2.17. The van der Waals surface area contributed by atoms with E-state index in [1.807, 2.05) is 0 Å². The molecular formula is C12H9N2O3. The number of aromatic hydroxyl groups is 1. The van der Waals surface area contributed by atoms with Crippen LogP contribution >= 0.6 is 0 Å². The van der Waals surface area contributed by atoms with Gasteiger partial charge in [0.05, 0.1) is 11.9 Å². The zero-order chi connectivity index (χ0) is 12.4. The zero-order valence-corrected chi connectivity index (χ0v) is 8.75. The summed E-state index contributed by atoms with van der Waals surface area (Å²) in [7, 11) is 0. The standard InChI is InChI=1S/C12H9N2O3/c13-12(17)8-2-1-3-9(6-8)14-5-4-10(15)7-11(14)16/h1-4,6-7,15H,(H2,13,17). The molecule has 2 aromatic rings. The molecule has 0 bridgehead atoms. The Morgan fingerprint density at radius 1 is 1.35 bits per heavy atom. The monoisotopic (exact) mass is 229 g/mol. The van der Waals surface area contributed by atoms with E-state index in [2.05, 4.69) is 6.20 Å². The predicted molar refractivity (Wildman–Crippen MR) is 61.1 cm³/mol. The molecular weight excluding hydrogens is 220 g/mol. The summed E-state index contributed by atoms with van der Waals surface area (Å²) >= 11 is 0. The maximum absolute atomic E-state index is 11.6. The van der Waals surface area contributed by atoms with E-state index < -0.39 is 11.5 Å². The number of nitrogens with two attached hydrogens (primary N) is 1. The fourth-order valence-corrected chi connectivity index (χ4v) is 1.43. The van der Waals surface area contributed by atoms with Crippen LogP contribution in [-0.4, -0.2) is 15.6 Å². The molecule has 0 saturated carbocycles. The van der Waals surface area contributed by atoms with Crippen molar-refractivity contribution in [1.29, 1.82) is 0 Å². The summed E-state index contributed by atoms with van der Waals surface area (Å²) in [6, 6.07) is 8.62. The Bertz CT molecular complexity index is 632. The van der Waals surface area contributed by atoms with Gasteiger partial charge in [0.25, 0.3) is 5.56 Å². The normalized spacial score (nSPS) is 10.1. The molecule has 1 amide bonds. The second-order valence-electron chi connectivity index (χ2n) is 3.43. The molecule has 3 N–H and O–H groups in total. The molecule has 2 rings (SSSR count). The first kappa shape index (κ1) is 10.9. The van der Waals surface area contributed by atoms with Crippen LogP contribution in [0.4, 0.5) is 0 Å². The summed E-state index contributed by atoms with van der Waals surface area (Å²) in [5.41, 5.74) is 5.47. The van der Waals surface area contributed by atoms with Crippen molar-refractivity contribution in [3.63, 3.8) is 0 Å². The maximum Gasteiger partial charge on any atom is 0.259 e. The van der Waals surface area contributed by atoms with Gasteiger partial charge < -0.3 is 10.8 Å². The van der Waals surface area contributed by atoms with Crippen LogP contribution in [0.15, 0.2) is 41.2 Å². The second kappa shape index (κ2) is 4.13. The molecule has 0 aliphatic carbocycles. The van der Waals surface area contributed by atoms with Crippen molar-refractivity contribution >= 4 is 5.91 Å². The Hall–Kier alpha value is -2.56. The Labute approximate surface area is 96.7 Å². The molecule has 5 nitrogen and oxygen atoms in total. The van der Waals surface area contributed by atoms with Crippen molar-refractivity contribution in [2.45, 2.75) is 0 Å². The summed E-state index contributed by atoms with van der Waals surface area (Å²) < 4.78 is 1.19. The molecule has 5 heteroatoms. The van der Waals surface area contributed by atoms with E-state index in [4.69, 9.17) is 10.8 Å². The zero-order valence-electron chi connectivity index (χ0n) is 8.75. The Morgan fingerprint density at radius 3 is 2.76 bits per heavy atom. The lowest BCUT2D eigenvalue weighted by Crippen LogP contribution is -2.17. The van der Waals surface area contributed by atoms with Gasteiger partial charge in [0.2, 0.25) is 5.91 Å². The smallest absolute Gasteiger partial charge is 0.259 e. The highest BCUT2D eigenvalue weighted by molar-refractivity contribution is 5.93. The van der Waals surface area contributed by atoms with Gasteiger partial charge in [0, 0.05) is 17.7 Å². The summed E-state index contributed by atoms with van der Waals surface area (Å²) in [6.07, 6.45) is 2.59. The van der Waals surface area contributed by atoms with Crippen molar-refractivity contribution in [1.82, 2.24) is 4.57 Å². The minimum atomic E-state index is -0.571. The van der Waals surface area contributed by atoms with Crippen molar-refractivity contribution in [2.24, 2.45) is 5.73 Å². The highest BCUT2D eigenvalue weighted by atomic mass is 16.3. The Morgan fingerprint density at radius 2 is 2.12 bits per heavy atom. The van der Waals surface area contributed by atoms with Gasteiger partial charge in [-0.3, -0.25) is 14.2 Å². The molecule has 0 aliphatic heterocycles. The SMILES string of the molecule is NC(=O)c1cccc(-n2[c]cc(O)cc2=O)c1. The van der Waals surface area contributed by atoms with Gasteiger partial charge in [-0.25, -0.2) is 0 Å². The van der Waals surface area contributed by atoms with Crippen LogP contribution in [0.3, 0.4) is 0 Å². The number of hydrogen-bond donors (Lipinski definition) is 2. The Balaban J connectivity index is 2.57. The van der Waals surface area contributed by atoms with E-state index in [1.165, 1.54) is 16.7 Å². The van der Waals surface area contributed by atoms with Crippen LogP contribution in [-0.2, 0) is 0 Å². The van der Waals surface area contributed by atoms with E-state index in [0.29, 0.717) is 11.3 Å². The molecule has 0 saturated heterocycles. The van der Waals surface area contributed by atoms with Crippen molar-refractivity contribution < 1.29 is 9.90 Å². The molecule has 0 aliphatic rings. The lowest BCUT2D eigenvalue weighted by molar-refractivity contribution is 0.100. The lowest BCUT2D eigenvalue weighted by atomic mass is 10.2. The average molecular weight is 229 g/mol. The fourth-order valence-electron chi connectivity index (χ4n) is 1.43. The fraction of sp³-hybridized carbons (Fsp3) is 0. The van der Waals surface area contributed by atoms with E-state index in [1.54, 1.807) is 18.2 Å². The quantitative estimate of drug-likeness (QED) is 0.783. The number of benzene rings is 1. The van der Waals surface area contributed by atoms with Gasteiger partial charge in [-0.2, -0.15) is 0 Å². The number of pyridine rings is 1. The number of hydrogen-bond acceptors (Lipinski definition) is 3. The van der Waals surface area contributed by atoms with Crippen LogP contribution in [0.2, 0.25) is 0 Å². The van der Waals surface area contributed by atoms with Gasteiger partial charge >= 0.3 is 0 Å². The van der Waals surface area contributed by atoms with Gasteiger partial charge in [-0.15, -0.1) is 0 Å². The van der Waals surface area contributed by atoms with Gasteiger partial charge in [-0.05, 0) is 18.2 Å². The van der Waals surface area contributed by atoms with Crippen LogP contribution in [0.25, 0.3) is 5.69 Å². The summed E-state index contributed by atoms with van der Waals surface area (Å²) in [6.45, 7) is 0. The Kier molecular flexibility index (Phi) is 2.66. The van der Waals surface area contributed by atoms with E-state index in [0.717, 1.165) is 6.07 Å². The molecule has 0 spiro atoms. The molecule has 17 heavy (non-hydrogen) atoms. The molecule has 0 atom stereocenters. The highest BCUT2D eigenvalue weighted by Gasteiger charge is 2.04. The summed E-state index contributed by atoms with van der Waals surface area (Å²) in [4.78, 5) is 22.6. The average Bonchev–Trinajstić information content (AvgIpc) is 2.29. The van der Waals surface area contributed by atoms with E-state index >= 15 is 0 Å². The molecule has 0 fully saturated rings. The van der Waals surface area contributed by atoms with Crippen molar-refractivity contribution in [2.75, 3.05) is 0 Å².